The Morgan fingerprint density at radius 3 is 1.30 bits per heavy atom. The molecule has 0 saturated carbocycles. The number of rotatable bonds is 13. The van der Waals surface area contributed by atoms with E-state index in [0.717, 1.165) is 41.0 Å². The van der Waals surface area contributed by atoms with E-state index in [9.17, 15) is 9.90 Å². The molecule has 6 aromatic rings. The minimum Gasteiger partial charge on any atom is -0.490 e. The summed E-state index contributed by atoms with van der Waals surface area (Å²) in [5, 5.41) is 27.1. The lowest BCUT2D eigenvalue weighted by Crippen LogP contribution is -2.39. The van der Waals surface area contributed by atoms with Crippen LogP contribution in [0.3, 0.4) is 0 Å². The molecule has 0 aliphatic carbocycles. The largest absolute Gasteiger partial charge is 0.490 e. The Bertz CT molecular complexity index is 2800. The Hall–Kier alpha value is -4.19. The summed E-state index contributed by atoms with van der Waals surface area (Å²) in [6.07, 6.45) is 12.4. The lowest BCUT2D eigenvalue weighted by atomic mass is 9.82. The molecule has 73 heavy (non-hydrogen) atoms. The number of ether oxygens (including phenoxy) is 4. The van der Waals surface area contributed by atoms with Crippen LogP contribution in [0.25, 0.3) is 0 Å². The number of methoxy groups -OCH3 is 1. The van der Waals surface area contributed by atoms with E-state index in [2.05, 4.69) is 51.0 Å². The van der Waals surface area contributed by atoms with Crippen LogP contribution in [0.5, 0.6) is 17.2 Å². The van der Waals surface area contributed by atoms with Gasteiger partial charge in [0.25, 0.3) is 0 Å². The minimum atomic E-state index is -0.592. The monoisotopic (exact) mass is 1120 g/mol. The number of nitrogens with zero attached hydrogens (tertiary/aromatic N) is 9. The predicted molar refractivity (Wildman–Crippen MR) is 285 cm³/mol. The molecule has 0 saturated heterocycles. The van der Waals surface area contributed by atoms with E-state index in [-0.39, 0.29) is 53.1 Å². The van der Waals surface area contributed by atoms with E-state index in [1.54, 1.807) is 72.1 Å². The van der Waals surface area contributed by atoms with Crippen molar-refractivity contribution in [2.24, 2.45) is 16.2 Å². The van der Waals surface area contributed by atoms with Crippen molar-refractivity contribution in [1.82, 2.24) is 44.3 Å². The quantitative estimate of drug-likeness (QED) is 0.116. The first-order chi connectivity index (χ1) is 34.3. The second-order valence-corrected chi connectivity index (χ2v) is 24.4. The molecule has 9 rings (SSSR count). The fraction of sp³-hybridized carbons (Fsp3) is 0.519. The molecular weight excluding hydrogens is 1060 g/mol. The van der Waals surface area contributed by atoms with Crippen LogP contribution in [0, 0.1) is 16.2 Å². The molecule has 6 heterocycles. The van der Waals surface area contributed by atoms with Gasteiger partial charge in [-0.25, -0.2) is 29.0 Å². The zero-order valence-electron chi connectivity index (χ0n) is 42.6. The number of aromatic nitrogens is 9. The van der Waals surface area contributed by atoms with Gasteiger partial charge in [-0.3, -0.25) is 4.79 Å². The third kappa shape index (κ3) is 14.0. The number of fused-ring (bicyclic) bond motifs is 3. The van der Waals surface area contributed by atoms with Gasteiger partial charge < -0.3 is 24.1 Å². The highest BCUT2D eigenvalue weighted by Crippen LogP contribution is 2.44. The molecule has 0 bridgehead atoms. The standard InChI is InChI=1S/C18H23Cl2N3O2.C17H21Cl2N3O2.C17H19Cl2N3O2/c1-18(2,3)17(24-4)15(23-10-21-9-22-23)8-12-7-13-14(20)5-11(19)6-16(13)25-12;2*1-17(2,3)16(23)14(22-9-20-8-21-22)7-11-6-12-13(19)4-10(18)5-15(12)24-11/h5-6,9-10,12,15,17H,7-8H2,1-4H3;4-5,8-9,11,14,16,23H,6-7H2,1-3H3;4-5,8-9,11,14H,6-7H2,1-3H3. The molecule has 3 aliphatic heterocycles. The van der Waals surface area contributed by atoms with Crippen molar-refractivity contribution in [2.45, 2.75) is 149 Å². The molecule has 0 amide bonds. The van der Waals surface area contributed by atoms with Gasteiger partial charge in [0, 0.05) is 97.9 Å². The second kappa shape index (κ2) is 23.4. The van der Waals surface area contributed by atoms with Crippen LogP contribution in [0.15, 0.2) is 74.4 Å². The van der Waals surface area contributed by atoms with Gasteiger partial charge >= 0.3 is 0 Å². The Morgan fingerprint density at radius 1 is 0.589 bits per heavy atom. The summed E-state index contributed by atoms with van der Waals surface area (Å²) >= 11 is 37.0. The second-order valence-electron chi connectivity index (χ2n) is 21.9. The first kappa shape index (κ1) is 56.5. The van der Waals surface area contributed by atoms with Crippen molar-refractivity contribution in [3.05, 3.63) is 121 Å². The van der Waals surface area contributed by atoms with E-state index in [0.29, 0.717) is 61.6 Å². The number of aliphatic hydroxyl groups is 1. The summed E-state index contributed by atoms with van der Waals surface area (Å²) in [5.74, 6) is 2.28. The normalized spacial score (nSPS) is 19.1. The Labute approximate surface area is 457 Å². The Kier molecular flexibility index (Phi) is 18.1. The van der Waals surface area contributed by atoms with E-state index in [1.807, 2.05) is 52.3 Å². The van der Waals surface area contributed by atoms with Gasteiger partial charge in [-0.05, 0) is 47.2 Å². The van der Waals surface area contributed by atoms with Crippen LogP contribution in [-0.2, 0) is 28.8 Å². The molecular formula is C52H63Cl6N9O6. The van der Waals surface area contributed by atoms with Crippen LogP contribution < -0.4 is 14.2 Å². The van der Waals surface area contributed by atoms with Crippen LogP contribution in [0.2, 0.25) is 30.1 Å². The molecule has 0 spiro atoms. The maximum atomic E-state index is 12.9. The molecule has 3 aliphatic rings. The smallest absolute Gasteiger partial charge is 0.162 e. The van der Waals surface area contributed by atoms with Gasteiger partial charge in [-0.1, -0.05) is 132 Å². The number of hydrogen-bond donors (Lipinski definition) is 1. The highest BCUT2D eigenvalue weighted by atomic mass is 35.5. The number of benzene rings is 3. The van der Waals surface area contributed by atoms with Crippen molar-refractivity contribution >= 4 is 75.4 Å². The minimum absolute atomic E-state index is 0.000981. The molecule has 15 nitrogen and oxygen atoms in total. The van der Waals surface area contributed by atoms with Crippen molar-refractivity contribution < 1.29 is 28.8 Å². The maximum absolute atomic E-state index is 12.9. The zero-order valence-corrected chi connectivity index (χ0v) is 47.1. The fourth-order valence-corrected chi connectivity index (χ4v) is 11.2. The number of carbonyl (C=O) groups excluding carboxylic acids is 1. The van der Waals surface area contributed by atoms with Gasteiger partial charge in [-0.2, -0.15) is 15.3 Å². The van der Waals surface area contributed by atoms with E-state index >= 15 is 0 Å². The molecule has 394 valence electrons. The van der Waals surface area contributed by atoms with Gasteiger partial charge in [0.15, 0.2) is 5.78 Å². The average molecular weight is 1120 g/mol. The fourth-order valence-electron chi connectivity index (χ4n) is 9.59. The SMILES string of the molecule is CC(C)(C)C(=O)C(CC1Cc2c(Cl)cc(Cl)cc2O1)n1cncn1.CC(C)(C)C(O)C(CC1Cc2c(Cl)cc(Cl)cc2O1)n1cncn1.COC(C(CC1Cc2c(Cl)cc(Cl)cc2O1)n1cncn1)C(C)(C)C. The molecule has 3 aromatic heterocycles. The van der Waals surface area contributed by atoms with Crippen LogP contribution >= 0.6 is 69.6 Å². The summed E-state index contributed by atoms with van der Waals surface area (Å²) in [6.45, 7) is 18.2. The predicted octanol–water partition coefficient (Wildman–Crippen LogP) is 12.6. The van der Waals surface area contributed by atoms with E-state index in [1.165, 1.54) is 12.7 Å². The van der Waals surface area contributed by atoms with Gasteiger partial charge in [0.2, 0.25) is 0 Å². The third-order valence-electron chi connectivity index (χ3n) is 13.1. The topological polar surface area (TPSA) is 166 Å². The number of halogens is 6. The highest BCUT2D eigenvalue weighted by Gasteiger charge is 2.40. The molecule has 0 radical (unpaired) electrons. The first-order valence-corrected chi connectivity index (χ1v) is 26.3. The number of hydrogen-bond acceptors (Lipinski definition) is 12. The number of carbonyl (C=O) groups is 1. The van der Waals surface area contributed by atoms with Crippen molar-refractivity contribution in [1.29, 1.82) is 0 Å². The third-order valence-corrected chi connectivity index (χ3v) is 14.8. The summed E-state index contributed by atoms with van der Waals surface area (Å²) in [6, 6.07) is 9.91. The molecule has 8 unspecified atom stereocenters. The lowest BCUT2D eigenvalue weighted by molar-refractivity contribution is -0.130. The summed E-state index contributed by atoms with van der Waals surface area (Å²) < 4.78 is 29.1. The van der Waals surface area contributed by atoms with E-state index < -0.39 is 17.6 Å². The van der Waals surface area contributed by atoms with Crippen molar-refractivity contribution in [3.8, 4) is 17.2 Å². The maximum Gasteiger partial charge on any atom is 0.162 e. The Morgan fingerprint density at radius 2 is 0.959 bits per heavy atom. The van der Waals surface area contributed by atoms with Crippen molar-refractivity contribution in [3.63, 3.8) is 0 Å². The zero-order chi connectivity index (χ0) is 53.2. The molecule has 8 atom stereocenters. The molecule has 0 fully saturated rings. The summed E-state index contributed by atoms with van der Waals surface area (Å²) in [7, 11) is 1.74. The molecule has 1 N–H and O–H groups in total. The van der Waals surface area contributed by atoms with Crippen LogP contribution in [0.1, 0.15) is 116 Å². The van der Waals surface area contributed by atoms with Gasteiger partial charge in [-0.15, -0.1) is 0 Å². The number of ketones is 1. The first-order valence-electron chi connectivity index (χ1n) is 24.0. The summed E-state index contributed by atoms with van der Waals surface area (Å²) in [4.78, 5) is 24.9. The van der Waals surface area contributed by atoms with Gasteiger partial charge in [0.05, 0.1) is 24.3 Å². The lowest BCUT2D eigenvalue weighted by Gasteiger charge is -2.36. The molecule has 3 aromatic carbocycles. The highest BCUT2D eigenvalue weighted by molar-refractivity contribution is 6.36. The number of aliphatic hydroxyl groups excluding tert-OH is 1. The van der Waals surface area contributed by atoms with Gasteiger partial charge in [0.1, 0.15) is 79.6 Å². The molecule has 21 heteroatoms. The van der Waals surface area contributed by atoms with Crippen LogP contribution in [-0.4, -0.2) is 92.8 Å². The average Bonchev–Trinajstić information content (AvgIpc) is 4.15. The summed E-state index contributed by atoms with van der Waals surface area (Å²) in [5.41, 5.74) is 2.09. The van der Waals surface area contributed by atoms with Crippen molar-refractivity contribution in [2.75, 3.05) is 7.11 Å². The van der Waals surface area contributed by atoms with E-state index in [4.69, 9.17) is 88.6 Å². The Balaban J connectivity index is 0.000000160. The number of Topliss-reactive ketones (excluding diaryl/α,β-unsaturated/α-hetero) is 1. The van der Waals surface area contributed by atoms with Crippen LogP contribution in [0.4, 0.5) is 0 Å².